The van der Waals surface area contributed by atoms with E-state index >= 15 is 0 Å². The Balaban J connectivity index is 1.20. The molecule has 3 fully saturated rings. The van der Waals surface area contributed by atoms with Gasteiger partial charge in [-0.25, -0.2) is 0 Å². The van der Waals surface area contributed by atoms with Gasteiger partial charge in [0, 0.05) is 38.1 Å². The van der Waals surface area contributed by atoms with E-state index in [0.29, 0.717) is 24.4 Å². The lowest BCUT2D eigenvalue weighted by atomic mass is 9.93. The molecule has 4 rings (SSSR count). The Bertz CT molecular complexity index is 705. The molecule has 3 aliphatic rings. The summed E-state index contributed by atoms with van der Waals surface area (Å²) in [6.45, 7) is 6.55. The fourth-order valence-corrected chi connectivity index (χ4v) is 4.82. The molecule has 158 valence electrons. The zero-order valence-electron chi connectivity index (χ0n) is 17.7. The molecule has 0 bridgehead atoms. The minimum atomic E-state index is 0.105. The molecule has 1 atom stereocenters. The average molecular weight is 398 g/mol. The van der Waals surface area contributed by atoms with Crippen LogP contribution < -0.4 is 5.32 Å². The predicted molar refractivity (Wildman–Crippen MR) is 115 cm³/mol. The minimum Gasteiger partial charge on any atom is -0.355 e. The molecule has 2 aliphatic heterocycles. The van der Waals surface area contributed by atoms with Crippen LogP contribution in [0.5, 0.6) is 0 Å². The number of amides is 2. The fraction of sp³-hybridized carbons (Fsp3) is 0.667. The molecule has 1 aromatic rings. The first-order valence-electron chi connectivity index (χ1n) is 11.5. The van der Waals surface area contributed by atoms with Crippen molar-refractivity contribution in [3.63, 3.8) is 0 Å². The molecule has 2 heterocycles. The number of rotatable bonds is 6. The van der Waals surface area contributed by atoms with Crippen LogP contribution in [0.15, 0.2) is 24.3 Å². The lowest BCUT2D eigenvalue weighted by Gasteiger charge is -2.42. The zero-order valence-corrected chi connectivity index (χ0v) is 17.7. The highest BCUT2D eigenvalue weighted by atomic mass is 16.2. The third-order valence-corrected chi connectivity index (χ3v) is 6.88. The molecule has 0 radical (unpaired) electrons. The van der Waals surface area contributed by atoms with E-state index in [1.54, 1.807) is 0 Å². The van der Waals surface area contributed by atoms with Crippen molar-refractivity contribution in [3.05, 3.63) is 35.4 Å². The second-order valence-corrected chi connectivity index (χ2v) is 9.19. The van der Waals surface area contributed by atoms with Gasteiger partial charge < -0.3 is 10.2 Å². The van der Waals surface area contributed by atoms with Crippen molar-refractivity contribution in [2.75, 3.05) is 32.7 Å². The highest BCUT2D eigenvalue weighted by molar-refractivity contribution is 5.81. The van der Waals surface area contributed by atoms with E-state index in [1.807, 2.05) is 0 Å². The molecule has 5 nitrogen and oxygen atoms in total. The van der Waals surface area contributed by atoms with Crippen molar-refractivity contribution >= 4 is 11.8 Å². The SMILES string of the molecule is Cc1ccc(CCNC(=O)[C@@H]2CCCN(C3CCN(C(=O)C4CC4)CC3)C2)cc1. The summed E-state index contributed by atoms with van der Waals surface area (Å²) >= 11 is 0. The summed E-state index contributed by atoms with van der Waals surface area (Å²) in [5, 5.41) is 3.16. The molecule has 2 amide bonds. The summed E-state index contributed by atoms with van der Waals surface area (Å²) in [6, 6.07) is 9.06. The maximum Gasteiger partial charge on any atom is 0.225 e. The van der Waals surface area contributed by atoms with Crippen molar-refractivity contribution in [2.45, 2.75) is 57.9 Å². The van der Waals surface area contributed by atoms with Crippen LogP contribution in [0.1, 0.15) is 49.7 Å². The van der Waals surface area contributed by atoms with Crippen LogP contribution in [-0.2, 0) is 16.0 Å². The molecule has 0 spiro atoms. The zero-order chi connectivity index (χ0) is 20.2. The summed E-state index contributed by atoms with van der Waals surface area (Å²) in [7, 11) is 0. The second-order valence-electron chi connectivity index (χ2n) is 9.19. The van der Waals surface area contributed by atoms with Crippen molar-refractivity contribution in [2.24, 2.45) is 11.8 Å². The summed E-state index contributed by atoms with van der Waals surface area (Å²) in [5.74, 6) is 1.03. The molecule has 1 aliphatic carbocycles. The van der Waals surface area contributed by atoms with Gasteiger partial charge in [0.1, 0.15) is 0 Å². The molecule has 1 saturated carbocycles. The summed E-state index contributed by atoms with van der Waals surface area (Å²) in [5.41, 5.74) is 2.54. The van der Waals surface area contributed by atoms with E-state index < -0.39 is 0 Å². The predicted octanol–water partition coefficient (Wildman–Crippen LogP) is 2.77. The Hall–Kier alpha value is -1.88. The van der Waals surface area contributed by atoms with E-state index in [9.17, 15) is 9.59 Å². The van der Waals surface area contributed by atoms with Crippen LogP contribution in [0.3, 0.4) is 0 Å². The lowest BCUT2D eigenvalue weighted by Crippen LogP contribution is -2.51. The molecule has 1 aromatic carbocycles. The Morgan fingerprint density at radius 2 is 1.69 bits per heavy atom. The van der Waals surface area contributed by atoms with Gasteiger partial charge in [0.15, 0.2) is 0 Å². The highest BCUT2D eigenvalue weighted by Crippen LogP contribution is 2.32. The maximum atomic E-state index is 12.7. The van der Waals surface area contributed by atoms with E-state index in [4.69, 9.17) is 0 Å². The van der Waals surface area contributed by atoms with Crippen LogP contribution in [0.4, 0.5) is 0 Å². The summed E-state index contributed by atoms with van der Waals surface area (Å²) in [4.78, 5) is 29.6. The first-order valence-corrected chi connectivity index (χ1v) is 11.5. The van der Waals surface area contributed by atoms with Crippen molar-refractivity contribution in [3.8, 4) is 0 Å². The molecule has 2 saturated heterocycles. The summed E-state index contributed by atoms with van der Waals surface area (Å²) in [6.07, 6.45) is 7.26. The fourth-order valence-electron chi connectivity index (χ4n) is 4.82. The van der Waals surface area contributed by atoms with E-state index in [0.717, 1.165) is 71.1 Å². The van der Waals surface area contributed by atoms with Gasteiger partial charge in [-0.1, -0.05) is 29.8 Å². The summed E-state index contributed by atoms with van der Waals surface area (Å²) < 4.78 is 0. The molecular formula is C24H35N3O2. The quantitative estimate of drug-likeness (QED) is 0.803. The van der Waals surface area contributed by atoms with Crippen LogP contribution in [0.2, 0.25) is 0 Å². The van der Waals surface area contributed by atoms with Gasteiger partial charge in [0.25, 0.3) is 0 Å². The van der Waals surface area contributed by atoms with Crippen LogP contribution in [-0.4, -0.2) is 60.4 Å². The number of benzene rings is 1. The number of hydrogen-bond donors (Lipinski definition) is 1. The van der Waals surface area contributed by atoms with E-state index in [1.165, 1.54) is 11.1 Å². The first kappa shape index (κ1) is 20.4. The minimum absolute atomic E-state index is 0.105. The monoisotopic (exact) mass is 397 g/mol. The number of likely N-dealkylation sites (tertiary alicyclic amines) is 2. The van der Waals surface area contributed by atoms with Crippen LogP contribution >= 0.6 is 0 Å². The highest BCUT2D eigenvalue weighted by Gasteiger charge is 2.37. The number of carbonyl (C=O) groups is 2. The molecule has 0 aromatic heterocycles. The van der Waals surface area contributed by atoms with Gasteiger partial charge in [-0.2, -0.15) is 0 Å². The smallest absolute Gasteiger partial charge is 0.225 e. The Morgan fingerprint density at radius 1 is 0.966 bits per heavy atom. The third kappa shape index (κ3) is 5.39. The van der Waals surface area contributed by atoms with Crippen LogP contribution in [0, 0.1) is 18.8 Å². The van der Waals surface area contributed by atoms with E-state index in [2.05, 4.69) is 46.3 Å². The average Bonchev–Trinajstić information content (AvgIpc) is 3.60. The number of carbonyl (C=O) groups excluding carboxylic acids is 2. The molecule has 0 unspecified atom stereocenters. The van der Waals surface area contributed by atoms with Crippen molar-refractivity contribution in [1.29, 1.82) is 0 Å². The number of aryl methyl sites for hydroxylation is 1. The molecular weight excluding hydrogens is 362 g/mol. The first-order chi connectivity index (χ1) is 14.1. The van der Waals surface area contributed by atoms with Crippen molar-refractivity contribution in [1.82, 2.24) is 15.1 Å². The number of nitrogens with one attached hydrogen (secondary N) is 1. The molecule has 29 heavy (non-hydrogen) atoms. The van der Waals surface area contributed by atoms with Gasteiger partial charge in [0.05, 0.1) is 5.92 Å². The van der Waals surface area contributed by atoms with Gasteiger partial charge in [-0.15, -0.1) is 0 Å². The standard InChI is InChI=1S/C24H35N3O2/c1-18-4-6-19(7-5-18)10-13-25-23(28)21-3-2-14-27(17-21)22-11-15-26(16-12-22)24(29)20-8-9-20/h4-7,20-22H,2-3,8-17H2,1H3,(H,25,28)/t21-/m1/s1. The Labute approximate surface area is 174 Å². The molecule has 1 N–H and O–H groups in total. The van der Waals surface area contributed by atoms with Gasteiger partial charge >= 0.3 is 0 Å². The Kier molecular flexibility index (Phi) is 6.53. The van der Waals surface area contributed by atoms with Gasteiger partial charge in [-0.05, 0) is 64.0 Å². The third-order valence-electron chi connectivity index (χ3n) is 6.88. The number of nitrogens with zero attached hydrogens (tertiary/aromatic N) is 2. The lowest BCUT2D eigenvalue weighted by molar-refractivity contribution is -0.134. The second kappa shape index (κ2) is 9.29. The number of hydrogen-bond acceptors (Lipinski definition) is 3. The maximum absolute atomic E-state index is 12.7. The molecule has 5 heteroatoms. The largest absolute Gasteiger partial charge is 0.355 e. The Morgan fingerprint density at radius 3 is 2.38 bits per heavy atom. The number of piperidine rings is 2. The van der Waals surface area contributed by atoms with Crippen molar-refractivity contribution < 1.29 is 9.59 Å². The normalized spacial score (nSPS) is 23.8. The topological polar surface area (TPSA) is 52.7 Å². The van der Waals surface area contributed by atoms with Gasteiger partial charge in [-0.3, -0.25) is 14.5 Å². The van der Waals surface area contributed by atoms with E-state index in [-0.39, 0.29) is 11.8 Å². The van der Waals surface area contributed by atoms with Gasteiger partial charge in [0.2, 0.25) is 11.8 Å². The van der Waals surface area contributed by atoms with Crippen LogP contribution in [0.25, 0.3) is 0 Å².